The lowest BCUT2D eigenvalue weighted by Gasteiger charge is -2.14. The van der Waals surface area contributed by atoms with Crippen LogP contribution in [0.1, 0.15) is 6.92 Å². The molecule has 6 nitrogen and oxygen atoms in total. The van der Waals surface area contributed by atoms with Gasteiger partial charge in [-0.3, -0.25) is 0 Å². The summed E-state index contributed by atoms with van der Waals surface area (Å²) in [6.07, 6.45) is -0.0541. The van der Waals surface area contributed by atoms with Crippen LogP contribution in [-0.4, -0.2) is 49.4 Å². The summed E-state index contributed by atoms with van der Waals surface area (Å²) in [5, 5.41) is 23.0. The van der Waals surface area contributed by atoms with E-state index in [0.29, 0.717) is 33.0 Å². The first kappa shape index (κ1) is 22.7. The van der Waals surface area contributed by atoms with Gasteiger partial charge in [0.1, 0.15) is 36.2 Å². The summed E-state index contributed by atoms with van der Waals surface area (Å²) < 4.78 is 22.9. The molecule has 33 heavy (non-hydrogen) atoms. The summed E-state index contributed by atoms with van der Waals surface area (Å²) in [6, 6.07) is 22.0. The molecule has 4 aromatic carbocycles. The van der Waals surface area contributed by atoms with Gasteiger partial charge in [0.25, 0.3) is 0 Å². The molecule has 0 radical (unpaired) electrons. The highest BCUT2D eigenvalue weighted by Gasteiger charge is 2.04. The Kier molecular flexibility index (Phi) is 7.50. The third kappa shape index (κ3) is 6.51. The zero-order chi connectivity index (χ0) is 23.0. The molecule has 0 amide bonds. The number of hydrogen-bond donors (Lipinski definition) is 2. The molecule has 0 fully saturated rings. The minimum Gasteiger partial charge on any atom is -0.508 e. The predicted molar refractivity (Wildman–Crippen MR) is 128 cm³/mol. The van der Waals surface area contributed by atoms with E-state index in [4.69, 9.17) is 18.9 Å². The molecule has 0 saturated heterocycles. The highest BCUT2D eigenvalue weighted by Crippen LogP contribution is 2.25. The van der Waals surface area contributed by atoms with E-state index in [2.05, 4.69) is 0 Å². The lowest BCUT2D eigenvalue weighted by Crippen LogP contribution is -2.21. The number of phenolic OH excluding ortho intramolecular Hbond substituents is 2. The monoisotopic (exact) mass is 448 g/mol. The second kappa shape index (κ2) is 10.9. The van der Waals surface area contributed by atoms with E-state index in [1.807, 2.05) is 55.5 Å². The second-order valence-corrected chi connectivity index (χ2v) is 7.84. The van der Waals surface area contributed by atoms with Crippen molar-refractivity contribution in [1.29, 1.82) is 0 Å². The Hall–Kier alpha value is -3.48. The summed E-state index contributed by atoms with van der Waals surface area (Å²) in [5.74, 6) is 2.04. The lowest BCUT2D eigenvalue weighted by molar-refractivity contribution is -0.0207. The number of fused-ring (bicyclic) bond motifs is 2. The van der Waals surface area contributed by atoms with Crippen molar-refractivity contribution < 1.29 is 29.2 Å². The molecule has 0 heterocycles. The predicted octanol–water partition coefficient (Wildman–Crippen LogP) is 5.28. The van der Waals surface area contributed by atoms with Gasteiger partial charge in [-0.1, -0.05) is 24.3 Å². The van der Waals surface area contributed by atoms with Crippen molar-refractivity contribution in [3.05, 3.63) is 72.8 Å². The third-order valence-electron chi connectivity index (χ3n) is 5.19. The second-order valence-electron chi connectivity index (χ2n) is 7.84. The maximum Gasteiger partial charge on any atom is 0.120 e. The third-order valence-corrected chi connectivity index (χ3v) is 5.19. The van der Waals surface area contributed by atoms with Crippen molar-refractivity contribution in [2.24, 2.45) is 0 Å². The van der Waals surface area contributed by atoms with E-state index in [0.717, 1.165) is 33.0 Å². The molecule has 4 rings (SSSR count). The SMILES string of the molecule is CC(COCCOc1ccc2cc(O)ccc2c1)OCCOc1ccc2cc(O)ccc2c1. The first-order valence-electron chi connectivity index (χ1n) is 11.0. The van der Waals surface area contributed by atoms with Gasteiger partial charge < -0.3 is 29.2 Å². The molecular formula is C27H28O6. The van der Waals surface area contributed by atoms with Crippen molar-refractivity contribution in [2.75, 3.05) is 33.0 Å². The average Bonchev–Trinajstić information content (AvgIpc) is 2.81. The van der Waals surface area contributed by atoms with Gasteiger partial charge in [0.15, 0.2) is 0 Å². The van der Waals surface area contributed by atoms with Crippen LogP contribution in [0.5, 0.6) is 23.0 Å². The molecule has 6 heteroatoms. The van der Waals surface area contributed by atoms with E-state index in [9.17, 15) is 10.2 Å². The molecule has 0 aliphatic heterocycles. The minimum atomic E-state index is -0.0541. The quantitative estimate of drug-likeness (QED) is 0.304. The molecular weight excluding hydrogens is 420 g/mol. The summed E-state index contributed by atoms with van der Waals surface area (Å²) in [4.78, 5) is 0. The fourth-order valence-corrected chi connectivity index (χ4v) is 3.53. The van der Waals surface area contributed by atoms with Crippen LogP contribution >= 0.6 is 0 Å². The van der Waals surface area contributed by atoms with Gasteiger partial charge in [-0.25, -0.2) is 0 Å². The van der Waals surface area contributed by atoms with Crippen LogP contribution in [0, 0.1) is 0 Å². The van der Waals surface area contributed by atoms with Crippen LogP contribution in [0.15, 0.2) is 72.8 Å². The van der Waals surface area contributed by atoms with Crippen molar-refractivity contribution in [2.45, 2.75) is 13.0 Å². The zero-order valence-corrected chi connectivity index (χ0v) is 18.6. The molecule has 1 atom stereocenters. The fraction of sp³-hybridized carbons (Fsp3) is 0.259. The van der Waals surface area contributed by atoms with Gasteiger partial charge in [-0.15, -0.1) is 0 Å². The Bertz CT molecular complexity index is 1210. The summed E-state index contributed by atoms with van der Waals surface area (Å²) in [7, 11) is 0. The zero-order valence-electron chi connectivity index (χ0n) is 18.6. The number of phenols is 2. The molecule has 172 valence electrons. The summed E-state index contributed by atoms with van der Waals surface area (Å²) in [5.41, 5.74) is 0. The topological polar surface area (TPSA) is 77.4 Å². The van der Waals surface area contributed by atoms with Crippen molar-refractivity contribution >= 4 is 21.5 Å². The molecule has 0 spiro atoms. The molecule has 0 aliphatic carbocycles. The van der Waals surface area contributed by atoms with Crippen molar-refractivity contribution in [3.63, 3.8) is 0 Å². The molecule has 2 N–H and O–H groups in total. The molecule has 0 aliphatic rings. The van der Waals surface area contributed by atoms with Gasteiger partial charge in [-0.2, -0.15) is 0 Å². The number of benzene rings is 4. The Morgan fingerprint density at radius 2 is 1.09 bits per heavy atom. The smallest absolute Gasteiger partial charge is 0.120 e. The fourth-order valence-electron chi connectivity index (χ4n) is 3.53. The Labute approximate surface area is 192 Å². The molecule has 0 aromatic heterocycles. The highest BCUT2D eigenvalue weighted by molar-refractivity contribution is 5.85. The Morgan fingerprint density at radius 1 is 0.606 bits per heavy atom. The van der Waals surface area contributed by atoms with Crippen LogP contribution in [0.2, 0.25) is 0 Å². The number of ether oxygens (including phenoxy) is 4. The van der Waals surface area contributed by atoms with Crippen molar-refractivity contribution in [3.8, 4) is 23.0 Å². The maximum atomic E-state index is 9.54. The van der Waals surface area contributed by atoms with Gasteiger partial charge >= 0.3 is 0 Å². The van der Waals surface area contributed by atoms with Crippen LogP contribution in [0.25, 0.3) is 21.5 Å². The highest BCUT2D eigenvalue weighted by atomic mass is 16.6. The molecule has 0 saturated carbocycles. The van der Waals surface area contributed by atoms with Crippen LogP contribution in [-0.2, 0) is 9.47 Å². The van der Waals surface area contributed by atoms with E-state index in [-0.39, 0.29) is 17.6 Å². The maximum absolute atomic E-state index is 9.54. The molecule has 0 bridgehead atoms. The van der Waals surface area contributed by atoms with E-state index >= 15 is 0 Å². The summed E-state index contributed by atoms with van der Waals surface area (Å²) in [6.45, 7) is 4.24. The minimum absolute atomic E-state index is 0.0541. The van der Waals surface area contributed by atoms with E-state index in [1.165, 1.54) is 0 Å². The van der Waals surface area contributed by atoms with Crippen molar-refractivity contribution in [1.82, 2.24) is 0 Å². The van der Waals surface area contributed by atoms with E-state index in [1.54, 1.807) is 24.3 Å². The standard InChI is InChI=1S/C27H28O6/c1-19(31-12-13-33-27-9-5-21-15-25(29)7-3-23(21)17-27)18-30-10-11-32-26-8-4-20-14-24(28)6-2-22(20)16-26/h2-9,14-17,19,28-29H,10-13,18H2,1H3. The number of hydrogen-bond acceptors (Lipinski definition) is 6. The Morgan fingerprint density at radius 3 is 1.67 bits per heavy atom. The largest absolute Gasteiger partial charge is 0.508 e. The average molecular weight is 449 g/mol. The van der Waals surface area contributed by atoms with Crippen LogP contribution in [0.3, 0.4) is 0 Å². The summed E-state index contributed by atoms with van der Waals surface area (Å²) >= 11 is 0. The Balaban J connectivity index is 1.10. The van der Waals surface area contributed by atoms with Gasteiger partial charge in [-0.05, 0) is 77.0 Å². The number of rotatable bonds is 11. The molecule has 4 aromatic rings. The van der Waals surface area contributed by atoms with Gasteiger partial charge in [0.05, 0.1) is 25.9 Å². The van der Waals surface area contributed by atoms with Crippen LogP contribution < -0.4 is 9.47 Å². The van der Waals surface area contributed by atoms with Gasteiger partial charge in [0, 0.05) is 0 Å². The van der Waals surface area contributed by atoms with Gasteiger partial charge in [0.2, 0.25) is 0 Å². The normalized spacial score (nSPS) is 12.2. The van der Waals surface area contributed by atoms with Crippen LogP contribution in [0.4, 0.5) is 0 Å². The molecule has 1 unspecified atom stereocenters. The first-order chi connectivity index (χ1) is 16.1. The number of aromatic hydroxyl groups is 2. The lowest BCUT2D eigenvalue weighted by atomic mass is 10.1. The first-order valence-corrected chi connectivity index (χ1v) is 11.0. The van der Waals surface area contributed by atoms with E-state index < -0.39 is 0 Å².